The third-order valence-corrected chi connectivity index (χ3v) is 2.63. The minimum Gasteiger partial charge on any atom is -0.381 e. The summed E-state index contributed by atoms with van der Waals surface area (Å²) in [7, 11) is 0. The van der Waals surface area contributed by atoms with E-state index >= 15 is 0 Å². The molecule has 1 aromatic heterocycles. The molecule has 0 aliphatic rings. The summed E-state index contributed by atoms with van der Waals surface area (Å²) in [6.07, 6.45) is 3.32. The van der Waals surface area contributed by atoms with Crippen molar-refractivity contribution in [3.05, 3.63) is 16.5 Å². The fraction of sp³-hybridized carbons (Fsp3) is 0.667. The summed E-state index contributed by atoms with van der Waals surface area (Å²) < 4.78 is 6.29. The van der Waals surface area contributed by atoms with Gasteiger partial charge in [-0.15, -0.1) is 0 Å². The highest BCUT2D eigenvalue weighted by atomic mass is 79.9. The first kappa shape index (κ1) is 14.4. The van der Waals surface area contributed by atoms with Crippen LogP contribution in [0.4, 0.5) is 5.82 Å². The van der Waals surface area contributed by atoms with Gasteiger partial charge in [0.25, 0.3) is 0 Å². The molecule has 0 atom stereocenters. The highest BCUT2D eigenvalue weighted by Gasteiger charge is 1.98. The van der Waals surface area contributed by atoms with Crippen LogP contribution in [0.3, 0.4) is 0 Å². The zero-order valence-electron chi connectivity index (χ0n) is 10.5. The molecule has 5 heteroatoms. The quantitative estimate of drug-likeness (QED) is 0.592. The molecular weight excluding hydrogens is 282 g/mol. The van der Waals surface area contributed by atoms with Crippen LogP contribution >= 0.6 is 15.9 Å². The monoisotopic (exact) mass is 301 g/mol. The van der Waals surface area contributed by atoms with Gasteiger partial charge in [0.1, 0.15) is 16.2 Å². The standard InChI is InChI=1S/C12H20BrN3O/c1-3-4-7-17-8-5-6-14-12-9-11(13)15-10(2)16-12/h9H,3-8H2,1-2H3,(H,14,15,16). The van der Waals surface area contributed by atoms with Gasteiger partial charge in [-0.25, -0.2) is 9.97 Å². The van der Waals surface area contributed by atoms with Gasteiger partial charge in [-0.1, -0.05) is 13.3 Å². The van der Waals surface area contributed by atoms with Gasteiger partial charge in [-0.3, -0.25) is 0 Å². The fourth-order valence-electron chi connectivity index (χ4n) is 1.36. The van der Waals surface area contributed by atoms with Crippen LogP contribution < -0.4 is 5.32 Å². The van der Waals surface area contributed by atoms with Crippen LogP contribution in [0.5, 0.6) is 0 Å². The molecule has 1 rings (SSSR count). The molecule has 0 radical (unpaired) electrons. The molecule has 0 aliphatic carbocycles. The van der Waals surface area contributed by atoms with Crippen molar-refractivity contribution in [2.45, 2.75) is 33.1 Å². The van der Waals surface area contributed by atoms with Gasteiger partial charge in [0.05, 0.1) is 0 Å². The summed E-state index contributed by atoms with van der Waals surface area (Å²) in [5, 5.41) is 3.26. The Balaban J connectivity index is 2.13. The first-order chi connectivity index (χ1) is 8.22. The average Bonchev–Trinajstić information content (AvgIpc) is 2.26. The summed E-state index contributed by atoms with van der Waals surface area (Å²) in [4.78, 5) is 8.44. The predicted octanol–water partition coefficient (Wildman–Crippen LogP) is 3.17. The molecule has 0 spiro atoms. The Kier molecular flexibility index (Phi) is 7.12. The number of halogens is 1. The molecule has 0 aliphatic heterocycles. The summed E-state index contributed by atoms with van der Waals surface area (Å²) in [5.41, 5.74) is 0. The van der Waals surface area contributed by atoms with E-state index in [0.29, 0.717) is 0 Å². The molecule has 0 saturated carbocycles. The van der Waals surface area contributed by atoms with E-state index in [1.807, 2.05) is 13.0 Å². The fourth-order valence-corrected chi connectivity index (χ4v) is 1.83. The Morgan fingerprint density at radius 3 is 2.76 bits per heavy atom. The smallest absolute Gasteiger partial charge is 0.130 e. The van der Waals surface area contributed by atoms with Crippen molar-refractivity contribution in [2.24, 2.45) is 0 Å². The molecule has 96 valence electrons. The van der Waals surface area contributed by atoms with E-state index < -0.39 is 0 Å². The highest BCUT2D eigenvalue weighted by molar-refractivity contribution is 9.10. The Hall–Kier alpha value is -0.680. The SMILES string of the molecule is CCCCOCCCNc1cc(Br)nc(C)n1. The number of aromatic nitrogens is 2. The lowest BCUT2D eigenvalue weighted by Crippen LogP contribution is -2.08. The Labute approximate surface area is 111 Å². The topological polar surface area (TPSA) is 47.0 Å². The summed E-state index contributed by atoms with van der Waals surface area (Å²) in [6.45, 7) is 6.59. The number of anilines is 1. The summed E-state index contributed by atoms with van der Waals surface area (Å²) in [6, 6.07) is 1.88. The van der Waals surface area contributed by atoms with Crippen LogP contribution in [0.25, 0.3) is 0 Å². The van der Waals surface area contributed by atoms with E-state index in [2.05, 4.69) is 38.1 Å². The first-order valence-corrected chi connectivity index (χ1v) is 6.84. The zero-order valence-corrected chi connectivity index (χ0v) is 12.1. The number of nitrogens with zero attached hydrogens (tertiary/aromatic N) is 2. The largest absolute Gasteiger partial charge is 0.381 e. The van der Waals surface area contributed by atoms with Crippen LogP contribution in [0.1, 0.15) is 32.0 Å². The van der Waals surface area contributed by atoms with Gasteiger partial charge >= 0.3 is 0 Å². The first-order valence-electron chi connectivity index (χ1n) is 6.05. The maximum absolute atomic E-state index is 5.48. The average molecular weight is 302 g/mol. The summed E-state index contributed by atoms with van der Waals surface area (Å²) >= 11 is 3.35. The van der Waals surface area contributed by atoms with Crippen molar-refractivity contribution in [3.63, 3.8) is 0 Å². The Morgan fingerprint density at radius 2 is 2.06 bits per heavy atom. The minimum atomic E-state index is 0.765. The molecule has 17 heavy (non-hydrogen) atoms. The van der Waals surface area contributed by atoms with E-state index in [1.165, 1.54) is 6.42 Å². The van der Waals surface area contributed by atoms with Crippen LogP contribution in [-0.2, 0) is 4.74 Å². The second-order valence-electron chi connectivity index (χ2n) is 3.87. The van der Waals surface area contributed by atoms with Gasteiger partial charge in [-0.2, -0.15) is 0 Å². The van der Waals surface area contributed by atoms with E-state index in [9.17, 15) is 0 Å². The van der Waals surface area contributed by atoms with Crippen LogP contribution in [-0.4, -0.2) is 29.7 Å². The summed E-state index contributed by atoms with van der Waals surface area (Å²) in [5.74, 6) is 1.62. The third-order valence-electron chi connectivity index (χ3n) is 2.22. The predicted molar refractivity (Wildman–Crippen MR) is 73.3 cm³/mol. The Bertz CT molecular complexity index is 313. The van der Waals surface area contributed by atoms with Crippen LogP contribution in [0.15, 0.2) is 10.7 Å². The van der Waals surface area contributed by atoms with Gasteiger partial charge in [0, 0.05) is 25.8 Å². The maximum Gasteiger partial charge on any atom is 0.130 e. The van der Waals surface area contributed by atoms with Gasteiger partial charge in [0.15, 0.2) is 0 Å². The molecule has 0 saturated heterocycles. The van der Waals surface area contributed by atoms with E-state index in [1.54, 1.807) is 0 Å². The molecule has 1 heterocycles. The van der Waals surface area contributed by atoms with Crippen LogP contribution in [0, 0.1) is 6.92 Å². The van der Waals surface area contributed by atoms with Gasteiger partial charge in [-0.05, 0) is 35.7 Å². The van der Waals surface area contributed by atoms with E-state index in [0.717, 1.165) is 48.8 Å². The van der Waals surface area contributed by atoms with Crippen molar-refractivity contribution in [2.75, 3.05) is 25.1 Å². The molecule has 0 bridgehead atoms. The molecule has 1 aromatic rings. The second kappa shape index (κ2) is 8.42. The number of aryl methyl sites for hydroxylation is 1. The molecule has 4 nitrogen and oxygen atoms in total. The molecule has 0 fully saturated rings. The van der Waals surface area contributed by atoms with Gasteiger partial charge < -0.3 is 10.1 Å². The normalized spacial score (nSPS) is 10.5. The van der Waals surface area contributed by atoms with E-state index in [4.69, 9.17) is 4.74 Å². The van der Waals surface area contributed by atoms with Crippen molar-refractivity contribution < 1.29 is 4.74 Å². The lowest BCUT2D eigenvalue weighted by Gasteiger charge is -2.07. The molecule has 0 aromatic carbocycles. The lowest BCUT2D eigenvalue weighted by molar-refractivity contribution is 0.131. The highest BCUT2D eigenvalue weighted by Crippen LogP contribution is 2.11. The van der Waals surface area contributed by atoms with Crippen LogP contribution in [0.2, 0.25) is 0 Å². The minimum absolute atomic E-state index is 0.765. The Morgan fingerprint density at radius 1 is 1.29 bits per heavy atom. The van der Waals surface area contributed by atoms with Crippen molar-refractivity contribution >= 4 is 21.7 Å². The molecule has 0 amide bonds. The number of nitrogens with one attached hydrogen (secondary N) is 1. The van der Waals surface area contributed by atoms with Crippen molar-refractivity contribution in [1.82, 2.24) is 9.97 Å². The molecule has 0 unspecified atom stereocenters. The number of hydrogen-bond acceptors (Lipinski definition) is 4. The lowest BCUT2D eigenvalue weighted by atomic mass is 10.3. The van der Waals surface area contributed by atoms with Gasteiger partial charge in [0.2, 0.25) is 0 Å². The van der Waals surface area contributed by atoms with E-state index in [-0.39, 0.29) is 0 Å². The number of unbranched alkanes of at least 4 members (excludes halogenated alkanes) is 1. The maximum atomic E-state index is 5.48. The molecular formula is C12H20BrN3O. The van der Waals surface area contributed by atoms with Crippen molar-refractivity contribution in [1.29, 1.82) is 0 Å². The zero-order chi connectivity index (χ0) is 12.5. The molecule has 1 N–H and O–H groups in total. The number of hydrogen-bond donors (Lipinski definition) is 1. The number of ether oxygens (including phenoxy) is 1. The second-order valence-corrected chi connectivity index (χ2v) is 4.68. The van der Waals surface area contributed by atoms with Crippen molar-refractivity contribution in [3.8, 4) is 0 Å². The number of rotatable bonds is 8. The third kappa shape index (κ3) is 6.58.